The number of nitrogens with one attached hydrogen (secondary N) is 1. The highest BCUT2D eigenvalue weighted by Crippen LogP contribution is 2.12. The summed E-state index contributed by atoms with van der Waals surface area (Å²) in [5.74, 6) is 0.334. The molecular weight excluding hydrogens is 271 g/mol. The number of benzene rings is 1. The van der Waals surface area contributed by atoms with Crippen LogP contribution in [0.1, 0.15) is 12.0 Å². The molecule has 1 heterocycles. The normalized spacial score (nSPS) is 18.1. The highest BCUT2D eigenvalue weighted by atomic mass is 19.1. The summed E-state index contributed by atoms with van der Waals surface area (Å²) in [4.78, 5) is 13.9. The van der Waals surface area contributed by atoms with Crippen LogP contribution in [-0.4, -0.2) is 50.7 Å². The van der Waals surface area contributed by atoms with Gasteiger partial charge in [0.05, 0.1) is 13.2 Å². The van der Waals surface area contributed by atoms with Crippen molar-refractivity contribution in [3.8, 4) is 0 Å². The van der Waals surface area contributed by atoms with E-state index >= 15 is 0 Å². The summed E-state index contributed by atoms with van der Waals surface area (Å²) < 4.78 is 18.1. The molecule has 2 rings (SSSR count). The van der Waals surface area contributed by atoms with Gasteiger partial charge in [0.1, 0.15) is 5.82 Å². The van der Waals surface area contributed by atoms with Crippen molar-refractivity contribution in [2.24, 2.45) is 5.92 Å². The minimum Gasteiger partial charge on any atom is -0.381 e. The average molecular weight is 294 g/mol. The van der Waals surface area contributed by atoms with E-state index < -0.39 is 0 Å². The predicted molar refractivity (Wildman–Crippen MR) is 79.5 cm³/mol. The lowest BCUT2D eigenvalue weighted by Crippen LogP contribution is -2.38. The average Bonchev–Trinajstić information content (AvgIpc) is 2.93. The van der Waals surface area contributed by atoms with E-state index in [-0.39, 0.29) is 11.7 Å². The highest BCUT2D eigenvalue weighted by molar-refractivity contribution is 5.77. The van der Waals surface area contributed by atoms with E-state index in [0.29, 0.717) is 25.4 Å². The Hall–Kier alpha value is -1.46. The molecule has 0 unspecified atom stereocenters. The maximum Gasteiger partial charge on any atom is 0.234 e. The molecule has 1 saturated heterocycles. The maximum atomic E-state index is 12.8. The first-order valence-electron chi connectivity index (χ1n) is 7.41. The van der Waals surface area contributed by atoms with Gasteiger partial charge in [0.15, 0.2) is 0 Å². The number of amides is 1. The molecule has 0 radical (unpaired) electrons. The molecule has 1 amide bonds. The minimum atomic E-state index is -0.236. The lowest BCUT2D eigenvalue weighted by molar-refractivity contribution is -0.122. The zero-order valence-electron chi connectivity index (χ0n) is 12.5. The van der Waals surface area contributed by atoms with Crippen molar-refractivity contribution in [2.75, 3.05) is 39.9 Å². The number of rotatable bonds is 7. The molecule has 1 aliphatic heterocycles. The van der Waals surface area contributed by atoms with Gasteiger partial charge in [-0.1, -0.05) is 12.1 Å². The largest absolute Gasteiger partial charge is 0.381 e. The van der Waals surface area contributed by atoms with Gasteiger partial charge in [-0.3, -0.25) is 9.69 Å². The number of carbonyl (C=O) groups is 1. The lowest BCUT2D eigenvalue weighted by atomic mass is 10.1. The second-order valence-corrected chi connectivity index (χ2v) is 5.65. The Morgan fingerprint density at radius 3 is 2.86 bits per heavy atom. The fourth-order valence-corrected chi connectivity index (χ4v) is 2.53. The Kier molecular flexibility index (Phi) is 6.14. The number of hydrogen-bond donors (Lipinski definition) is 1. The maximum absolute atomic E-state index is 12.8. The third kappa shape index (κ3) is 5.81. The van der Waals surface area contributed by atoms with E-state index in [1.807, 2.05) is 11.9 Å². The van der Waals surface area contributed by atoms with Crippen molar-refractivity contribution in [2.45, 2.75) is 12.8 Å². The van der Waals surface area contributed by atoms with Gasteiger partial charge < -0.3 is 10.1 Å². The molecule has 1 fully saturated rings. The topological polar surface area (TPSA) is 41.6 Å². The third-order valence-electron chi connectivity index (χ3n) is 3.66. The van der Waals surface area contributed by atoms with Crippen LogP contribution in [0.3, 0.4) is 0 Å². The molecule has 0 aromatic heterocycles. The Morgan fingerprint density at radius 2 is 2.19 bits per heavy atom. The summed E-state index contributed by atoms with van der Waals surface area (Å²) >= 11 is 0. The molecule has 0 spiro atoms. The van der Waals surface area contributed by atoms with E-state index in [4.69, 9.17) is 4.74 Å². The minimum absolute atomic E-state index is 0.0264. The van der Waals surface area contributed by atoms with E-state index in [1.165, 1.54) is 12.1 Å². The fourth-order valence-electron chi connectivity index (χ4n) is 2.53. The Balaban J connectivity index is 1.61. The van der Waals surface area contributed by atoms with Gasteiger partial charge in [0.25, 0.3) is 0 Å². The number of ether oxygens (including phenoxy) is 1. The first kappa shape index (κ1) is 15.9. The van der Waals surface area contributed by atoms with Gasteiger partial charge in [-0.2, -0.15) is 0 Å². The molecule has 0 bridgehead atoms. The van der Waals surface area contributed by atoms with Crippen LogP contribution in [0.25, 0.3) is 0 Å². The van der Waals surface area contributed by atoms with E-state index in [9.17, 15) is 9.18 Å². The first-order chi connectivity index (χ1) is 10.1. The number of carbonyl (C=O) groups excluding carboxylic acids is 1. The molecule has 0 aliphatic carbocycles. The smallest absolute Gasteiger partial charge is 0.234 e. The van der Waals surface area contributed by atoms with Crippen molar-refractivity contribution in [3.05, 3.63) is 35.6 Å². The second kappa shape index (κ2) is 8.10. The standard InChI is InChI=1S/C16H23FN2O2/c1-19(10-14-7-9-21-12-14)11-16(20)18-8-6-13-2-4-15(17)5-3-13/h2-5,14H,6-12H2,1H3,(H,18,20)/t14-/m0/s1. The molecule has 1 N–H and O–H groups in total. The van der Waals surface area contributed by atoms with Gasteiger partial charge in [-0.15, -0.1) is 0 Å². The lowest BCUT2D eigenvalue weighted by Gasteiger charge is -2.19. The van der Waals surface area contributed by atoms with Gasteiger partial charge in [-0.25, -0.2) is 4.39 Å². The molecule has 5 heteroatoms. The summed E-state index contributed by atoms with van der Waals surface area (Å²) in [5, 5.41) is 2.90. The first-order valence-corrected chi connectivity index (χ1v) is 7.41. The summed E-state index contributed by atoms with van der Waals surface area (Å²) in [5.41, 5.74) is 1.02. The molecule has 116 valence electrons. The van der Waals surface area contributed by atoms with Crippen LogP contribution in [0.15, 0.2) is 24.3 Å². The quantitative estimate of drug-likeness (QED) is 0.827. The van der Waals surface area contributed by atoms with Crippen molar-refractivity contribution >= 4 is 5.91 Å². The highest BCUT2D eigenvalue weighted by Gasteiger charge is 2.18. The summed E-state index contributed by atoms with van der Waals surface area (Å²) in [6.45, 7) is 3.51. The van der Waals surface area contributed by atoms with E-state index in [0.717, 1.165) is 31.7 Å². The molecule has 21 heavy (non-hydrogen) atoms. The molecular formula is C16H23FN2O2. The molecule has 4 nitrogen and oxygen atoms in total. The zero-order valence-corrected chi connectivity index (χ0v) is 12.5. The summed E-state index contributed by atoms with van der Waals surface area (Å²) in [6, 6.07) is 6.37. The predicted octanol–water partition coefficient (Wildman–Crippen LogP) is 1.45. The van der Waals surface area contributed by atoms with Crippen molar-refractivity contribution in [1.82, 2.24) is 10.2 Å². The monoisotopic (exact) mass is 294 g/mol. The fraction of sp³-hybridized carbons (Fsp3) is 0.562. The van der Waals surface area contributed by atoms with Crippen LogP contribution in [0.4, 0.5) is 4.39 Å². The van der Waals surface area contributed by atoms with E-state index in [2.05, 4.69) is 5.32 Å². The van der Waals surface area contributed by atoms with Crippen LogP contribution >= 0.6 is 0 Å². The molecule has 1 atom stereocenters. The van der Waals surface area contributed by atoms with Gasteiger partial charge >= 0.3 is 0 Å². The number of nitrogens with zero attached hydrogens (tertiary/aromatic N) is 1. The van der Waals surface area contributed by atoms with Crippen molar-refractivity contribution in [1.29, 1.82) is 0 Å². The molecule has 1 aliphatic rings. The number of hydrogen-bond acceptors (Lipinski definition) is 3. The van der Waals surface area contributed by atoms with Crippen LogP contribution in [-0.2, 0) is 16.0 Å². The van der Waals surface area contributed by atoms with Gasteiger partial charge in [-0.05, 0) is 43.5 Å². The van der Waals surface area contributed by atoms with Crippen molar-refractivity contribution in [3.63, 3.8) is 0 Å². The summed E-state index contributed by atoms with van der Waals surface area (Å²) in [7, 11) is 1.96. The Bertz CT molecular complexity index is 444. The zero-order chi connectivity index (χ0) is 15.1. The van der Waals surface area contributed by atoms with Crippen LogP contribution in [0.2, 0.25) is 0 Å². The Morgan fingerprint density at radius 1 is 1.43 bits per heavy atom. The van der Waals surface area contributed by atoms with Gasteiger partial charge in [0, 0.05) is 19.7 Å². The number of likely N-dealkylation sites (N-methyl/N-ethyl adjacent to an activating group) is 1. The van der Waals surface area contributed by atoms with E-state index in [1.54, 1.807) is 12.1 Å². The Labute approximate surface area is 125 Å². The molecule has 0 saturated carbocycles. The van der Waals surface area contributed by atoms with Crippen molar-refractivity contribution < 1.29 is 13.9 Å². The second-order valence-electron chi connectivity index (χ2n) is 5.65. The SMILES string of the molecule is CN(CC(=O)NCCc1ccc(F)cc1)C[C@@H]1CCOC1. The van der Waals surface area contributed by atoms with Crippen LogP contribution < -0.4 is 5.32 Å². The third-order valence-corrected chi connectivity index (χ3v) is 3.66. The van der Waals surface area contributed by atoms with Gasteiger partial charge in [0.2, 0.25) is 5.91 Å². The molecule has 1 aromatic carbocycles. The summed E-state index contributed by atoms with van der Waals surface area (Å²) in [6.07, 6.45) is 1.79. The number of halogens is 1. The van der Waals surface area contributed by atoms with Crippen LogP contribution in [0.5, 0.6) is 0 Å². The molecule has 1 aromatic rings. The van der Waals surface area contributed by atoms with Crippen LogP contribution in [0, 0.1) is 11.7 Å².